The second-order valence-electron chi connectivity index (χ2n) is 6.16. The maximum atomic E-state index is 13.3. The predicted octanol–water partition coefficient (Wildman–Crippen LogP) is 4.76. The quantitative estimate of drug-likeness (QED) is 0.550. The van der Waals surface area contributed by atoms with E-state index >= 15 is 0 Å². The highest BCUT2D eigenvalue weighted by atomic mass is 19.1. The van der Waals surface area contributed by atoms with Gasteiger partial charge >= 0.3 is 0 Å². The fourth-order valence-electron chi connectivity index (χ4n) is 2.80. The Morgan fingerprint density at radius 1 is 1.11 bits per heavy atom. The highest BCUT2D eigenvalue weighted by molar-refractivity contribution is 5.79. The standard InChI is InChI=1S/C20H17FN4O2/c1-12-8-18(27-25-12)17-11-23-20(22-10-14-4-3-5-15(21)9-14)24-19(17)16-6-7-26-13(16)2/h3-9,11H,10H2,1-2H3,(H,22,23,24). The Morgan fingerprint density at radius 3 is 2.70 bits per heavy atom. The molecule has 0 unspecified atom stereocenters. The lowest BCUT2D eigenvalue weighted by atomic mass is 10.1. The second-order valence-corrected chi connectivity index (χ2v) is 6.16. The number of nitrogens with zero attached hydrogens (tertiary/aromatic N) is 3. The zero-order valence-corrected chi connectivity index (χ0v) is 14.9. The number of aromatic nitrogens is 3. The summed E-state index contributed by atoms with van der Waals surface area (Å²) in [4.78, 5) is 9.00. The van der Waals surface area contributed by atoms with Crippen LogP contribution in [0.15, 0.2) is 57.8 Å². The summed E-state index contributed by atoms with van der Waals surface area (Å²) in [6.07, 6.45) is 3.30. The zero-order chi connectivity index (χ0) is 18.8. The lowest BCUT2D eigenvalue weighted by Gasteiger charge is -2.09. The van der Waals surface area contributed by atoms with Crippen LogP contribution >= 0.6 is 0 Å². The lowest BCUT2D eigenvalue weighted by molar-refractivity contribution is 0.427. The van der Waals surface area contributed by atoms with Crippen molar-refractivity contribution in [2.24, 2.45) is 0 Å². The van der Waals surface area contributed by atoms with Crippen LogP contribution in [0.5, 0.6) is 0 Å². The minimum absolute atomic E-state index is 0.277. The van der Waals surface area contributed by atoms with Gasteiger partial charge in [-0.3, -0.25) is 0 Å². The van der Waals surface area contributed by atoms with Crippen molar-refractivity contribution in [3.05, 3.63) is 71.7 Å². The minimum atomic E-state index is -0.277. The van der Waals surface area contributed by atoms with Gasteiger partial charge in [0, 0.05) is 24.4 Å². The summed E-state index contributed by atoms with van der Waals surface area (Å²) in [7, 11) is 0. The largest absolute Gasteiger partial charge is 0.469 e. The number of halogens is 1. The summed E-state index contributed by atoms with van der Waals surface area (Å²) in [5.41, 5.74) is 3.81. The monoisotopic (exact) mass is 364 g/mol. The van der Waals surface area contributed by atoms with Crippen LogP contribution in [-0.2, 0) is 6.54 Å². The van der Waals surface area contributed by atoms with E-state index in [9.17, 15) is 4.39 Å². The van der Waals surface area contributed by atoms with Gasteiger partial charge in [0.25, 0.3) is 0 Å². The molecule has 0 aliphatic heterocycles. The number of hydrogen-bond donors (Lipinski definition) is 1. The third kappa shape index (κ3) is 3.57. The van der Waals surface area contributed by atoms with Gasteiger partial charge in [-0.2, -0.15) is 0 Å². The Balaban J connectivity index is 1.69. The molecule has 136 valence electrons. The first-order chi connectivity index (χ1) is 13.1. The number of furan rings is 1. The zero-order valence-electron chi connectivity index (χ0n) is 14.9. The van der Waals surface area contributed by atoms with E-state index in [4.69, 9.17) is 8.94 Å². The first-order valence-electron chi connectivity index (χ1n) is 8.43. The SMILES string of the molecule is Cc1cc(-c2cnc(NCc3cccc(F)c3)nc2-c2ccoc2C)on1. The smallest absolute Gasteiger partial charge is 0.223 e. The maximum Gasteiger partial charge on any atom is 0.223 e. The molecule has 7 heteroatoms. The summed E-state index contributed by atoms with van der Waals surface area (Å²) < 4.78 is 24.2. The number of rotatable bonds is 5. The fraction of sp³-hybridized carbons (Fsp3) is 0.150. The molecule has 0 saturated heterocycles. The highest BCUT2D eigenvalue weighted by Crippen LogP contribution is 2.33. The van der Waals surface area contributed by atoms with E-state index in [1.54, 1.807) is 18.5 Å². The molecule has 0 saturated carbocycles. The van der Waals surface area contributed by atoms with Crippen molar-refractivity contribution in [2.75, 3.05) is 5.32 Å². The Hall–Kier alpha value is -3.48. The average Bonchev–Trinajstić information content (AvgIpc) is 3.28. The molecule has 3 aromatic heterocycles. The third-order valence-electron chi connectivity index (χ3n) is 4.14. The molecule has 0 bridgehead atoms. The van der Waals surface area contributed by atoms with Crippen LogP contribution in [0.25, 0.3) is 22.6 Å². The van der Waals surface area contributed by atoms with Gasteiger partial charge in [0.2, 0.25) is 5.95 Å². The van der Waals surface area contributed by atoms with Crippen molar-refractivity contribution in [1.82, 2.24) is 15.1 Å². The molecule has 1 N–H and O–H groups in total. The van der Waals surface area contributed by atoms with Crippen LogP contribution in [0, 0.1) is 19.7 Å². The Morgan fingerprint density at radius 2 is 2.00 bits per heavy atom. The third-order valence-corrected chi connectivity index (χ3v) is 4.14. The first kappa shape index (κ1) is 17.0. The molecular formula is C20H17FN4O2. The van der Waals surface area contributed by atoms with Crippen LogP contribution in [0.4, 0.5) is 10.3 Å². The number of anilines is 1. The van der Waals surface area contributed by atoms with Crippen molar-refractivity contribution < 1.29 is 13.3 Å². The molecule has 0 spiro atoms. The van der Waals surface area contributed by atoms with E-state index in [-0.39, 0.29) is 5.82 Å². The van der Waals surface area contributed by atoms with Gasteiger partial charge in [-0.25, -0.2) is 14.4 Å². The highest BCUT2D eigenvalue weighted by Gasteiger charge is 2.18. The van der Waals surface area contributed by atoms with Gasteiger partial charge < -0.3 is 14.3 Å². The van der Waals surface area contributed by atoms with E-state index in [1.165, 1.54) is 12.1 Å². The average molecular weight is 364 g/mol. The molecule has 0 aliphatic rings. The second kappa shape index (κ2) is 7.03. The van der Waals surface area contributed by atoms with Crippen LogP contribution in [-0.4, -0.2) is 15.1 Å². The number of nitrogens with one attached hydrogen (secondary N) is 1. The Kier molecular flexibility index (Phi) is 4.42. The van der Waals surface area contributed by atoms with Crippen molar-refractivity contribution in [3.8, 4) is 22.6 Å². The van der Waals surface area contributed by atoms with Crippen molar-refractivity contribution >= 4 is 5.95 Å². The van der Waals surface area contributed by atoms with Crippen LogP contribution in [0.2, 0.25) is 0 Å². The summed E-state index contributed by atoms with van der Waals surface area (Å²) >= 11 is 0. The summed E-state index contributed by atoms with van der Waals surface area (Å²) in [5, 5.41) is 7.07. The molecule has 6 nitrogen and oxygen atoms in total. The number of aryl methyl sites for hydroxylation is 2. The molecule has 0 aliphatic carbocycles. The first-order valence-corrected chi connectivity index (χ1v) is 8.43. The van der Waals surface area contributed by atoms with E-state index in [2.05, 4.69) is 20.4 Å². The lowest BCUT2D eigenvalue weighted by Crippen LogP contribution is -2.05. The van der Waals surface area contributed by atoms with E-state index < -0.39 is 0 Å². The van der Waals surface area contributed by atoms with E-state index in [0.29, 0.717) is 23.9 Å². The maximum absolute atomic E-state index is 13.3. The van der Waals surface area contributed by atoms with Gasteiger partial charge in [-0.1, -0.05) is 17.3 Å². The van der Waals surface area contributed by atoms with Crippen LogP contribution < -0.4 is 5.32 Å². The van der Waals surface area contributed by atoms with Gasteiger partial charge in [0.15, 0.2) is 5.76 Å². The molecule has 3 heterocycles. The molecule has 1 aromatic carbocycles. The van der Waals surface area contributed by atoms with Gasteiger partial charge in [0.1, 0.15) is 11.6 Å². The van der Waals surface area contributed by atoms with Gasteiger partial charge in [-0.05, 0) is 37.6 Å². The van der Waals surface area contributed by atoms with Gasteiger partial charge in [-0.15, -0.1) is 0 Å². The van der Waals surface area contributed by atoms with Crippen LogP contribution in [0.3, 0.4) is 0 Å². The van der Waals surface area contributed by atoms with Gasteiger partial charge in [0.05, 0.1) is 23.2 Å². The molecule has 0 fully saturated rings. The number of benzene rings is 1. The van der Waals surface area contributed by atoms with Crippen molar-refractivity contribution in [3.63, 3.8) is 0 Å². The molecule has 0 atom stereocenters. The van der Waals surface area contributed by atoms with E-state index in [1.807, 2.05) is 32.0 Å². The molecule has 4 aromatic rings. The molecule has 27 heavy (non-hydrogen) atoms. The molecular weight excluding hydrogens is 347 g/mol. The summed E-state index contributed by atoms with van der Waals surface area (Å²) in [5.74, 6) is 1.47. The molecule has 0 radical (unpaired) electrons. The Labute approximate surface area is 155 Å². The molecule has 0 amide bonds. The Bertz CT molecular complexity index is 1090. The number of hydrogen-bond acceptors (Lipinski definition) is 6. The minimum Gasteiger partial charge on any atom is -0.469 e. The fourth-order valence-corrected chi connectivity index (χ4v) is 2.80. The van der Waals surface area contributed by atoms with E-state index in [0.717, 1.165) is 28.1 Å². The van der Waals surface area contributed by atoms with Crippen molar-refractivity contribution in [2.45, 2.75) is 20.4 Å². The van der Waals surface area contributed by atoms with Crippen LogP contribution in [0.1, 0.15) is 17.0 Å². The normalized spacial score (nSPS) is 10.9. The molecule has 4 rings (SSSR count). The van der Waals surface area contributed by atoms with Crippen molar-refractivity contribution in [1.29, 1.82) is 0 Å². The summed E-state index contributed by atoms with van der Waals surface area (Å²) in [6.45, 7) is 4.13. The summed E-state index contributed by atoms with van der Waals surface area (Å²) in [6, 6.07) is 10.1. The topological polar surface area (TPSA) is 77.0 Å². The predicted molar refractivity (Wildman–Crippen MR) is 98.4 cm³/mol.